The largest absolute Gasteiger partial charge is 0.395 e. The fourth-order valence-corrected chi connectivity index (χ4v) is 2.77. The fraction of sp³-hybridized carbons (Fsp3) is 0.143. The summed E-state index contributed by atoms with van der Waals surface area (Å²) in [5.41, 5.74) is 5.55. The monoisotopic (exact) mass is 353 g/mol. The molecule has 0 aliphatic carbocycles. The number of nitrogens with two attached hydrogens (primary N) is 1. The summed E-state index contributed by atoms with van der Waals surface area (Å²) >= 11 is 0. The number of nitro groups is 1. The molecule has 2 rings (SSSR count). The maximum atomic E-state index is 12.2. The molecule has 0 heterocycles. The van der Waals surface area contributed by atoms with Crippen LogP contribution in [-0.2, 0) is 10.1 Å². The highest BCUT2D eigenvalue weighted by Crippen LogP contribution is 2.28. The molecule has 0 saturated heterocycles. The molecular weight excluding hydrogens is 338 g/mol. The van der Waals surface area contributed by atoms with Crippen LogP contribution in [0.1, 0.15) is 0 Å². The van der Waals surface area contributed by atoms with Gasteiger partial charge in [-0.1, -0.05) is 0 Å². The van der Waals surface area contributed by atoms with Crippen LogP contribution in [0.3, 0.4) is 0 Å². The van der Waals surface area contributed by atoms with Crippen LogP contribution < -0.4 is 15.2 Å². The number of nitrogen functional groups attached to an aromatic ring is 1. The van der Waals surface area contributed by atoms with Crippen molar-refractivity contribution in [1.29, 1.82) is 0 Å². The van der Waals surface area contributed by atoms with Gasteiger partial charge in [-0.05, 0) is 36.4 Å². The van der Waals surface area contributed by atoms with Gasteiger partial charge in [0.05, 0.1) is 17.6 Å². The third-order valence-electron chi connectivity index (χ3n) is 2.99. The molecule has 0 spiro atoms. The molecule has 2 aromatic carbocycles. The zero-order chi connectivity index (χ0) is 17.7. The Morgan fingerprint density at radius 1 is 1.21 bits per heavy atom. The van der Waals surface area contributed by atoms with Crippen molar-refractivity contribution in [1.82, 2.24) is 0 Å². The topological polar surface area (TPSA) is 145 Å². The average molecular weight is 353 g/mol. The maximum absolute atomic E-state index is 12.2. The number of nitrogens with one attached hydrogen (secondary N) is 1. The molecule has 0 aliphatic rings. The lowest BCUT2D eigenvalue weighted by Crippen LogP contribution is -2.10. The highest BCUT2D eigenvalue weighted by molar-refractivity contribution is 7.87. The Bertz CT molecular complexity index is 836. The lowest BCUT2D eigenvalue weighted by atomic mass is 10.2. The number of hydrogen-bond acceptors (Lipinski definition) is 8. The minimum absolute atomic E-state index is 0.0565. The minimum Gasteiger partial charge on any atom is -0.395 e. The van der Waals surface area contributed by atoms with E-state index in [1.165, 1.54) is 36.4 Å². The van der Waals surface area contributed by atoms with Gasteiger partial charge in [-0.2, -0.15) is 8.42 Å². The summed E-state index contributed by atoms with van der Waals surface area (Å²) in [5.74, 6) is -0.210. The molecule has 10 heteroatoms. The summed E-state index contributed by atoms with van der Waals surface area (Å²) in [6, 6.07) is 9.04. The van der Waals surface area contributed by atoms with Gasteiger partial charge in [-0.25, -0.2) is 0 Å². The molecule has 128 valence electrons. The number of rotatable bonds is 7. The van der Waals surface area contributed by atoms with Crippen LogP contribution in [0.5, 0.6) is 5.75 Å². The second kappa shape index (κ2) is 7.15. The van der Waals surface area contributed by atoms with Gasteiger partial charge in [0.15, 0.2) is 0 Å². The van der Waals surface area contributed by atoms with Crippen molar-refractivity contribution in [2.24, 2.45) is 0 Å². The molecule has 2 aromatic rings. The highest BCUT2D eigenvalue weighted by atomic mass is 32.2. The second-order valence-corrected chi connectivity index (χ2v) is 6.24. The number of aliphatic hydroxyl groups excluding tert-OH is 1. The normalized spacial score (nSPS) is 11.0. The molecule has 0 atom stereocenters. The summed E-state index contributed by atoms with van der Waals surface area (Å²) in [4.78, 5) is 9.99. The molecule has 4 N–H and O–H groups in total. The summed E-state index contributed by atoms with van der Waals surface area (Å²) in [6.45, 7) is 0.275. The van der Waals surface area contributed by atoms with Crippen LogP contribution in [0.4, 0.5) is 17.1 Å². The number of anilines is 2. The van der Waals surface area contributed by atoms with Gasteiger partial charge in [0.2, 0.25) is 0 Å². The number of benzene rings is 2. The second-order valence-electron chi connectivity index (χ2n) is 4.69. The quantitative estimate of drug-likeness (QED) is 0.293. The van der Waals surface area contributed by atoms with E-state index >= 15 is 0 Å². The van der Waals surface area contributed by atoms with Crippen LogP contribution in [-0.4, -0.2) is 31.6 Å². The molecule has 0 aromatic heterocycles. The SMILES string of the molecule is Nc1ccc(OS(=O)(=O)c2ccc(NCCO)cc2)cc1[N+](=O)[O-]. The van der Waals surface area contributed by atoms with E-state index in [2.05, 4.69) is 5.32 Å². The van der Waals surface area contributed by atoms with E-state index in [1.807, 2.05) is 0 Å². The summed E-state index contributed by atoms with van der Waals surface area (Å²) < 4.78 is 29.3. The van der Waals surface area contributed by atoms with Crippen LogP contribution in [0.2, 0.25) is 0 Å². The molecule has 24 heavy (non-hydrogen) atoms. The van der Waals surface area contributed by atoms with Crippen molar-refractivity contribution in [3.63, 3.8) is 0 Å². The van der Waals surface area contributed by atoms with Crippen molar-refractivity contribution in [2.45, 2.75) is 4.90 Å². The molecule has 0 saturated carbocycles. The van der Waals surface area contributed by atoms with E-state index in [4.69, 9.17) is 15.0 Å². The third-order valence-corrected chi connectivity index (χ3v) is 4.25. The van der Waals surface area contributed by atoms with Crippen LogP contribution in [0.25, 0.3) is 0 Å². The number of nitro benzene ring substituents is 1. The molecule has 0 bridgehead atoms. The van der Waals surface area contributed by atoms with E-state index in [0.717, 1.165) is 6.07 Å². The van der Waals surface area contributed by atoms with Gasteiger partial charge < -0.3 is 20.3 Å². The van der Waals surface area contributed by atoms with E-state index in [-0.39, 0.29) is 22.9 Å². The van der Waals surface area contributed by atoms with Crippen molar-refractivity contribution < 1.29 is 22.6 Å². The first-order valence-electron chi connectivity index (χ1n) is 6.76. The maximum Gasteiger partial charge on any atom is 0.339 e. The lowest BCUT2D eigenvalue weighted by Gasteiger charge is -2.09. The number of nitrogens with zero attached hydrogens (tertiary/aromatic N) is 1. The summed E-state index contributed by atoms with van der Waals surface area (Å²) in [5, 5.41) is 22.4. The Balaban J connectivity index is 2.22. The molecule has 0 amide bonds. The minimum atomic E-state index is -4.15. The molecule has 9 nitrogen and oxygen atoms in total. The Hall–Kier alpha value is -2.85. The first-order chi connectivity index (χ1) is 11.3. The first kappa shape index (κ1) is 17.5. The molecule has 0 radical (unpaired) electrons. The average Bonchev–Trinajstić information content (AvgIpc) is 2.54. The Morgan fingerprint density at radius 2 is 1.88 bits per heavy atom. The zero-order valence-electron chi connectivity index (χ0n) is 12.4. The fourth-order valence-electron chi connectivity index (χ4n) is 1.85. The van der Waals surface area contributed by atoms with Gasteiger partial charge in [-0.15, -0.1) is 0 Å². The van der Waals surface area contributed by atoms with Crippen molar-refractivity contribution in [2.75, 3.05) is 24.2 Å². The van der Waals surface area contributed by atoms with E-state index in [9.17, 15) is 18.5 Å². The number of aliphatic hydroxyl groups is 1. The highest BCUT2D eigenvalue weighted by Gasteiger charge is 2.19. The molecule has 0 fully saturated rings. The van der Waals surface area contributed by atoms with E-state index in [0.29, 0.717) is 12.2 Å². The smallest absolute Gasteiger partial charge is 0.339 e. The van der Waals surface area contributed by atoms with Crippen molar-refractivity contribution >= 4 is 27.2 Å². The third kappa shape index (κ3) is 4.12. The van der Waals surface area contributed by atoms with Gasteiger partial charge >= 0.3 is 10.1 Å². The van der Waals surface area contributed by atoms with Gasteiger partial charge in [0.1, 0.15) is 16.3 Å². The van der Waals surface area contributed by atoms with Crippen molar-refractivity contribution in [3.8, 4) is 5.75 Å². The standard InChI is InChI=1S/C14H15N3O6S/c15-13-6-3-11(9-14(13)17(19)20)23-24(21,22)12-4-1-10(2-5-12)16-7-8-18/h1-6,9,16,18H,7-8,15H2. The van der Waals surface area contributed by atoms with Crippen molar-refractivity contribution in [3.05, 3.63) is 52.6 Å². The van der Waals surface area contributed by atoms with E-state index < -0.39 is 20.7 Å². The summed E-state index contributed by atoms with van der Waals surface area (Å²) in [6.07, 6.45) is 0. The Kier molecular flexibility index (Phi) is 5.21. The molecule has 0 unspecified atom stereocenters. The summed E-state index contributed by atoms with van der Waals surface area (Å²) in [7, 11) is -4.15. The Labute approximate surface area is 138 Å². The predicted octanol–water partition coefficient (Wildman–Crippen LogP) is 1.35. The molecular formula is C14H15N3O6S. The van der Waals surface area contributed by atoms with Crippen LogP contribution in [0.15, 0.2) is 47.4 Å². The van der Waals surface area contributed by atoms with Gasteiger partial charge in [-0.3, -0.25) is 10.1 Å². The predicted molar refractivity (Wildman–Crippen MR) is 87.3 cm³/mol. The van der Waals surface area contributed by atoms with E-state index in [1.54, 1.807) is 0 Å². The molecule has 0 aliphatic heterocycles. The van der Waals surface area contributed by atoms with Crippen LogP contribution in [0, 0.1) is 10.1 Å². The zero-order valence-corrected chi connectivity index (χ0v) is 13.2. The Morgan fingerprint density at radius 3 is 2.46 bits per heavy atom. The van der Waals surface area contributed by atoms with Gasteiger partial charge in [0, 0.05) is 12.2 Å². The number of hydrogen-bond donors (Lipinski definition) is 3. The van der Waals surface area contributed by atoms with Gasteiger partial charge in [0.25, 0.3) is 5.69 Å². The van der Waals surface area contributed by atoms with Crippen LogP contribution >= 0.6 is 0 Å². The first-order valence-corrected chi connectivity index (χ1v) is 8.17. The lowest BCUT2D eigenvalue weighted by molar-refractivity contribution is -0.383.